The molecule has 3 rings (SSSR count). The van der Waals surface area contributed by atoms with Gasteiger partial charge in [-0.2, -0.15) is 17.5 Å². The summed E-state index contributed by atoms with van der Waals surface area (Å²) in [4.78, 5) is 16.5. The zero-order valence-electron chi connectivity index (χ0n) is 20.2. The second-order valence-electron chi connectivity index (χ2n) is 8.21. The van der Waals surface area contributed by atoms with Crippen LogP contribution in [0.3, 0.4) is 0 Å². The lowest BCUT2D eigenvalue weighted by molar-refractivity contribution is -0.184. The summed E-state index contributed by atoms with van der Waals surface area (Å²) in [6.45, 7) is 2.28. The van der Waals surface area contributed by atoms with E-state index in [-0.39, 0.29) is 30.2 Å². The van der Waals surface area contributed by atoms with Crippen LogP contribution < -0.4 is 10.2 Å². The van der Waals surface area contributed by atoms with Gasteiger partial charge < -0.3 is 15.1 Å². The van der Waals surface area contributed by atoms with Gasteiger partial charge in [-0.25, -0.2) is 18.2 Å². The molecular weight excluding hydrogens is 525 g/mol. The Balaban J connectivity index is 1.67. The van der Waals surface area contributed by atoms with E-state index in [1.54, 1.807) is 12.8 Å². The highest BCUT2D eigenvalue weighted by Gasteiger charge is 2.37. The normalized spacial score (nSPS) is 17.0. The summed E-state index contributed by atoms with van der Waals surface area (Å²) in [6, 6.07) is 9.41. The molecule has 2 atom stereocenters. The van der Waals surface area contributed by atoms with Crippen LogP contribution in [0.2, 0.25) is 0 Å². The molecule has 1 aliphatic rings. The third-order valence-corrected chi connectivity index (χ3v) is 7.47. The first-order chi connectivity index (χ1) is 17.9. The SMILES string of the molecule is CC#C[C@H]1CN(S(=O)(=O)c2ccc(NC(=O)O)nc2)CCN1c1ccc(CCC#CC(O)C(F)(F)F)cc1. The van der Waals surface area contributed by atoms with E-state index in [0.717, 1.165) is 17.4 Å². The largest absolute Gasteiger partial charge is 0.465 e. The van der Waals surface area contributed by atoms with Crippen molar-refractivity contribution in [3.05, 3.63) is 48.2 Å². The average molecular weight is 551 g/mol. The predicted octanol–water partition coefficient (Wildman–Crippen LogP) is 2.93. The number of hydrogen-bond donors (Lipinski definition) is 3. The van der Waals surface area contributed by atoms with Gasteiger partial charge in [0.15, 0.2) is 0 Å². The second kappa shape index (κ2) is 12.2. The molecule has 1 aromatic heterocycles. The summed E-state index contributed by atoms with van der Waals surface area (Å²) in [5.41, 5.74) is 1.65. The molecule has 2 aromatic rings. The van der Waals surface area contributed by atoms with Crippen molar-refractivity contribution in [2.24, 2.45) is 0 Å². The summed E-state index contributed by atoms with van der Waals surface area (Å²) >= 11 is 0. The van der Waals surface area contributed by atoms with Crippen molar-refractivity contribution >= 4 is 27.6 Å². The molecule has 0 spiro atoms. The van der Waals surface area contributed by atoms with E-state index < -0.39 is 34.4 Å². The lowest BCUT2D eigenvalue weighted by Crippen LogP contribution is -2.54. The van der Waals surface area contributed by atoms with Crippen LogP contribution in [-0.2, 0) is 16.4 Å². The lowest BCUT2D eigenvalue weighted by atomic mass is 10.1. The Bertz CT molecular complexity index is 1360. The fraction of sp³-hybridized carbons (Fsp3) is 0.360. The number of aliphatic hydroxyl groups excluding tert-OH is 1. The molecule has 1 amide bonds. The van der Waals surface area contributed by atoms with Gasteiger partial charge in [0, 0.05) is 37.9 Å². The number of nitrogens with zero attached hydrogens (tertiary/aromatic N) is 3. The number of hydrogen-bond acceptors (Lipinski definition) is 6. The summed E-state index contributed by atoms with van der Waals surface area (Å²) in [6.07, 6.45) is -7.09. The number of aryl methyl sites for hydroxylation is 1. The van der Waals surface area contributed by atoms with Gasteiger partial charge in [-0.1, -0.05) is 29.9 Å². The number of alkyl halides is 3. The number of carbonyl (C=O) groups is 1. The maximum absolute atomic E-state index is 13.2. The van der Waals surface area contributed by atoms with E-state index in [4.69, 9.17) is 10.2 Å². The number of aromatic nitrogens is 1. The Kier molecular flexibility index (Phi) is 9.22. The fourth-order valence-electron chi connectivity index (χ4n) is 3.75. The highest BCUT2D eigenvalue weighted by molar-refractivity contribution is 7.89. The Hall–Kier alpha value is -3.78. The zero-order valence-corrected chi connectivity index (χ0v) is 21.1. The molecule has 0 saturated carbocycles. The number of aliphatic hydroxyl groups is 1. The first-order valence-electron chi connectivity index (χ1n) is 11.4. The summed E-state index contributed by atoms with van der Waals surface area (Å²) in [5.74, 6) is 10.0. The van der Waals surface area contributed by atoms with E-state index >= 15 is 0 Å². The highest BCUT2D eigenvalue weighted by atomic mass is 32.2. The minimum absolute atomic E-state index is 0.00499. The van der Waals surface area contributed by atoms with Crippen molar-refractivity contribution in [1.29, 1.82) is 0 Å². The summed E-state index contributed by atoms with van der Waals surface area (Å²) in [5, 5.41) is 19.7. The second-order valence-corrected chi connectivity index (χ2v) is 10.1. The number of halogens is 3. The molecule has 3 N–H and O–H groups in total. The van der Waals surface area contributed by atoms with Crippen LogP contribution in [0.4, 0.5) is 29.5 Å². The van der Waals surface area contributed by atoms with Crippen LogP contribution in [0, 0.1) is 23.7 Å². The van der Waals surface area contributed by atoms with Crippen LogP contribution in [0.5, 0.6) is 0 Å². The maximum atomic E-state index is 13.2. The fourth-order valence-corrected chi connectivity index (χ4v) is 5.14. The third-order valence-electron chi connectivity index (χ3n) is 5.62. The quantitative estimate of drug-likeness (QED) is 0.473. The van der Waals surface area contributed by atoms with Crippen LogP contribution >= 0.6 is 0 Å². The van der Waals surface area contributed by atoms with Crippen molar-refractivity contribution in [1.82, 2.24) is 9.29 Å². The number of amides is 1. The Morgan fingerprint density at radius 2 is 1.92 bits per heavy atom. The van der Waals surface area contributed by atoms with Gasteiger partial charge in [-0.15, -0.1) is 5.92 Å². The van der Waals surface area contributed by atoms with Gasteiger partial charge in [0.2, 0.25) is 16.1 Å². The van der Waals surface area contributed by atoms with E-state index in [0.29, 0.717) is 13.0 Å². The van der Waals surface area contributed by atoms with Crippen molar-refractivity contribution in [3.63, 3.8) is 0 Å². The first-order valence-corrected chi connectivity index (χ1v) is 12.8. The molecule has 2 heterocycles. The van der Waals surface area contributed by atoms with E-state index in [9.17, 15) is 26.4 Å². The Morgan fingerprint density at radius 1 is 1.21 bits per heavy atom. The van der Waals surface area contributed by atoms with Crippen LogP contribution in [0.25, 0.3) is 0 Å². The standard InChI is InChI=1S/C25H25F3N4O5S/c1-2-5-20-17-31(38(36,37)21-12-13-23(29-16-21)30-24(34)35)14-15-32(20)19-10-8-18(9-11-19)6-3-4-7-22(33)25(26,27)28/h8-13,16,20,22,33H,3,6,14-15,17H2,1H3,(H,29,30)(H,34,35)/t20-,22?/m0/s1. The number of pyridine rings is 1. The summed E-state index contributed by atoms with van der Waals surface area (Å²) in [7, 11) is -3.90. The molecular formula is C25H25F3N4O5S. The van der Waals surface area contributed by atoms with Crippen molar-refractivity contribution in [2.45, 2.75) is 43.0 Å². The molecule has 202 valence electrons. The van der Waals surface area contributed by atoms with Crippen LogP contribution in [0.15, 0.2) is 47.5 Å². The molecule has 9 nitrogen and oxygen atoms in total. The van der Waals surface area contributed by atoms with Gasteiger partial charge in [-0.05, 0) is 43.2 Å². The predicted molar refractivity (Wildman–Crippen MR) is 134 cm³/mol. The maximum Gasteiger partial charge on any atom is 0.425 e. The lowest BCUT2D eigenvalue weighted by Gasteiger charge is -2.39. The molecule has 1 aliphatic heterocycles. The van der Waals surface area contributed by atoms with E-state index in [2.05, 4.69) is 28.1 Å². The third kappa shape index (κ3) is 7.38. The number of piperazine rings is 1. The molecule has 1 fully saturated rings. The number of rotatable bonds is 6. The van der Waals surface area contributed by atoms with Gasteiger partial charge in [0.25, 0.3) is 0 Å². The van der Waals surface area contributed by atoms with Gasteiger partial charge >= 0.3 is 12.3 Å². The van der Waals surface area contributed by atoms with Gasteiger partial charge in [0.1, 0.15) is 16.8 Å². The van der Waals surface area contributed by atoms with Gasteiger partial charge in [-0.3, -0.25) is 5.32 Å². The van der Waals surface area contributed by atoms with Crippen molar-refractivity contribution in [2.75, 3.05) is 29.9 Å². The molecule has 13 heteroatoms. The molecule has 0 radical (unpaired) electrons. The Morgan fingerprint density at radius 3 is 2.50 bits per heavy atom. The summed E-state index contributed by atoms with van der Waals surface area (Å²) < 4.78 is 64.6. The monoisotopic (exact) mass is 550 g/mol. The zero-order chi connectivity index (χ0) is 27.9. The minimum Gasteiger partial charge on any atom is -0.465 e. The van der Waals surface area contributed by atoms with Crippen LogP contribution in [-0.4, -0.2) is 72.0 Å². The molecule has 1 aromatic carbocycles. The number of benzene rings is 1. The topological polar surface area (TPSA) is 123 Å². The molecule has 38 heavy (non-hydrogen) atoms. The number of anilines is 2. The molecule has 1 saturated heterocycles. The van der Waals surface area contributed by atoms with Crippen molar-refractivity contribution in [3.8, 4) is 23.7 Å². The van der Waals surface area contributed by atoms with Crippen LogP contribution in [0.1, 0.15) is 18.9 Å². The highest BCUT2D eigenvalue weighted by Crippen LogP contribution is 2.25. The molecule has 0 aliphatic carbocycles. The van der Waals surface area contributed by atoms with E-state index in [1.807, 2.05) is 29.2 Å². The molecule has 1 unspecified atom stereocenters. The Labute approximate surface area is 218 Å². The number of sulfonamides is 1. The average Bonchev–Trinajstić information content (AvgIpc) is 2.86. The molecule has 0 bridgehead atoms. The number of carboxylic acid groups (broad SMARTS) is 1. The van der Waals surface area contributed by atoms with E-state index in [1.165, 1.54) is 16.4 Å². The number of nitrogens with one attached hydrogen (secondary N) is 1. The van der Waals surface area contributed by atoms with Crippen molar-refractivity contribution < 1.29 is 36.6 Å². The van der Waals surface area contributed by atoms with Gasteiger partial charge in [0.05, 0.1) is 0 Å². The smallest absolute Gasteiger partial charge is 0.425 e. The minimum atomic E-state index is -4.77. The first kappa shape index (κ1) is 28.8.